The van der Waals surface area contributed by atoms with Crippen LogP contribution in [0.15, 0.2) is 0 Å². The molecule has 1 saturated carbocycles. The molecule has 1 aliphatic carbocycles. The van der Waals surface area contributed by atoms with E-state index in [9.17, 15) is 0 Å². The highest BCUT2D eigenvalue weighted by Gasteiger charge is 2.21. The van der Waals surface area contributed by atoms with E-state index in [-0.39, 0.29) is 0 Å². The molecule has 0 saturated heterocycles. The number of nitrogens with zero attached hydrogens (tertiary/aromatic N) is 1. The van der Waals surface area contributed by atoms with E-state index in [1.54, 1.807) is 0 Å². The summed E-state index contributed by atoms with van der Waals surface area (Å²) in [5.41, 5.74) is 5.66. The van der Waals surface area contributed by atoms with Crippen LogP contribution in [0.1, 0.15) is 58.3 Å². The summed E-state index contributed by atoms with van der Waals surface area (Å²) in [7, 11) is 2.29. The van der Waals surface area contributed by atoms with Crippen molar-refractivity contribution in [3.63, 3.8) is 0 Å². The number of rotatable bonds is 9. The second-order valence-electron chi connectivity index (χ2n) is 5.44. The van der Waals surface area contributed by atoms with Gasteiger partial charge < -0.3 is 10.6 Å². The monoisotopic (exact) mass is 226 g/mol. The van der Waals surface area contributed by atoms with Crippen LogP contribution in [0.5, 0.6) is 0 Å². The summed E-state index contributed by atoms with van der Waals surface area (Å²) in [5.74, 6) is 0.879. The minimum atomic E-state index is 0.864. The summed E-state index contributed by atoms with van der Waals surface area (Å²) in [5, 5.41) is 0. The zero-order chi connectivity index (χ0) is 11.8. The normalized spacial score (nSPS) is 18.8. The van der Waals surface area contributed by atoms with E-state index in [1.165, 1.54) is 57.9 Å². The van der Waals surface area contributed by atoms with Crippen molar-refractivity contribution >= 4 is 0 Å². The molecule has 0 amide bonds. The maximum absolute atomic E-state index is 5.66. The molecule has 1 unspecified atom stereocenters. The Balaban J connectivity index is 2.06. The largest absolute Gasteiger partial charge is 0.330 e. The van der Waals surface area contributed by atoms with E-state index >= 15 is 0 Å². The molecule has 0 bridgehead atoms. The van der Waals surface area contributed by atoms with Gasteiger partial charge in [-0.25, -0.2) is 0 Å². The van der Waals surface area contributed by atoms with Gasteiger partial charge in [0.2, 0.25) is 0 Å². The molecular weight excluding hydrogens is 196 g/mol. The lowest BCUT2D eigenvalue weighted by Gasteiger charge is -2.35. The Morgan fingerprint density at radius 1 is 1.25 bits per heavy atom. The van der Waals surface area contributed by atoms with E-state index in [0.29, 0.717) is 0 Å². The molecule has 2 heteroatoms. The van der Waals surface area contributed by atoms with Gasteiger partial charge in [0.05, 0.1) is 0 Å². The molecule has 0 aromatic heterocycles. The fourth-order valence-corrected chi connectivity index (χ4v) is 2.72. The molecule has 0 spiro atoms. The SMILES string of the molecule is CCCC(CCN)CCCN(C)C1CCC1. The summed E-state index contributed by atoms with van der Waals surface area (Å²) in [4.78, 5) is 2.56. The Labute approximate surface area is 102 Å². The van der Waals surface area contributed by atoms with Crippen LogP contribution >= 0.6 is 0 Å². The maximum atomic E-state index is 5.66. The first kappa shape index (κ1) is 14.0. The number of hydrogen-bond acceptors (Lipinski definition) is 2. The summed E-state index contributed by atoms with van der Waals surface area (Å²) >= 11 is 0. The van der Waals surface area contributed by atoms with Crippen molar-refractivity contribution in [1.29, 1.82) is 0 Å². The Morgan fingerprint density at radius 2 is 2.00 bits per heavy atom. The van der Waals surface area contributed by atoms with Crippen molar-refractivity contribution in [3.05, 3.63) is 0 Å². The minimum absolute atomic E-state index is 0.864. The zero-order valence-corrected chi connectivity index (χ0v) is 11.3. The Morgan fingerprint density at radius 3 is 2.50 bits per heavy atom. The second kappa shape index (κ2) is 8.08. The van der Waals surface area contributed by atoms with E-state index in [1.807, 2.05) is 0 Å². The lowest BCUT2D eigenvalue weighted by Crippen LogP contribution is -2.37. The molecule has 16 heavy (non-hydrogen) atoms. The molecule has 0 aliphatic heterocycles. The van der Waals surface area contributed by atoms with E-state index in [2.05, 4.69) is 18.9 Å². The molecule has 2 nitrogen and oxygen atoms in total. The van der Waals surface area contributed by atoms with Gasteiger partial charge in [-0.2, -0.15) is 0 Å². The van der Waals surface area contributed by atoms with Crippen molar-refractivity contribution < 1.29 is 0 Å². The summed E-state index contributed by atoms with van der Waals surface area (Å²) in [6, 6.07) is 0.902. The maximum Gasteiger partial charge on any atom is 0.00922 e. The van der Waals surface area contributed by atoms with Gasteiger partial charge in [-0.1, -0.05) is 26.2 Å². The van der Waals surface area contributed by atoms with Crippen LogP contribution in [0, 0.1) is 5.92 Å². The highest BCUT2D eigenvalue weighted by Crippen LogP contribution is 2.24. The van der Waals surface area contributed by atoms with Crippen LogP contribution in [0.25, 0.3) is 0 Å². The van der Waals surface area contributed by atoms with Gasteiger partial charge in [0.1, 0.15) is 0 Å². The third-order valence-electron chi connectivity index (χ3n) is 4.09. The third kappa shape index (κ3) is 4.84. The summed E-state index contributed by atoms with van der Waals surface area (Å²) < 4.78 is 0. The summed E-state index contributed by atoms with van der Waals surface area (Å²) in [6.07, 6.45) is 10.9. The van der Waals surface area contributed by atoms with E-state index in [4.69, 9.17) is 5.73 Å². The fourth-order valence-electron chi connectivity index (χ4n) is 2.72. The first-order chi connectivity index (χ1) is 7.77. The van der Waals surface area contributed by atoms with Crippen molar-refractivity contribution in [2.24, 2.45) is 11.7 Å². The smallest absolute Gasteiger partial charge is 0.00922 e. The van der Waals surface area contributed by atoms with Crippen LogP contribution in [-0.4, -0.2) is 31.1 Å². The molecular formula is C14H30N2. The molecule has 96 valence electrons. The van der Waals surface area contributed by atoms with Crippen molar-refractivity contribution in [2.45, 2.75) is 64.3 Å². The zero-order valence-electron chi connectivity index (χ0n) is 11.3. The van der Waals surface area contributed by atoms with Gasteiger partial charge >= 0.3 is 0 Å². The van der Waals surface area contributed by atoms with Gasteiger partial charge in [0.15, 0.2) is 0 Å². The molecule has 0 radical (unpaired) electrons. The Kier molecular flexibility index (Phi) is 7.06. The molecule has 1 atom stereocenters. The quantitative estimate of drug-likeness (QED) is 0.655. The van der Waals surface area contributed by atoms with Crippen molar-refractivity contribution in [2.75, 3.05) is 20.1 Å². The standard InChI is InChI=1S/C14H30N2/c1-3-6-13(10-11-15)7-5-12-16(2)14-8-4-9-14/h13-14H,3-12,15H2,1-2H3. The predicted molar refractivity (Wildman–Crippen MR) is 71.6 cm³/mol. The first-order valence-corrected chi connectivity index (χ1v) is 7.18. The van der Waals surface area contributed by atoms with Gasteiger partial charge in [0.25, 0.3) is 0 Å². The Hall–Kier alpha value is -0.0800. The van der Waals surface area contributed by atoms with Crippen molar-refractivity contribution in [3.8, 4) is 0 Å². The summed E-state index contributed by atoms with van der Waals surface area (Å²) in [6.45, 7) is 4.43. The molecule has 0 aromatic rings. The van der Waals surface area contributed by atoms with Crippen LogP contribution in [0.2, 0.25) is 0 Å². The molecule has 1 rings (SSSR count). The first-order valence-electron chi connectivity index (χ1n) is 7.18. The van der Waals surface area contributed by atoms with E-state index < -0.39 is 0 Å². The van der Waals surface area contributed by atoms with Gasteiger partial charge in [-0.05, 0) is 58.2 Å². The van der Waals surface area contributed by atoms with Gasteiger partial charge in [0, 0.05) is 6.04 Å². The molecule has 2 N–H and O–H groups in total. The minimum Gasteiger partial charge on any atom is -0.330 e. The molecule has 0 aromatic carbocycles. The lowest BCUT2D eigenvalue weighted by atomic mass is 9.91. The van der Waals surface area contributed by atoms with Crippen molar-refractivity contribution in [1.82, 2.24) is 4.90 Å². The van der Waals surface area contributed by atoms with Gasteiger partial charge in [-0.3, -0.25) is 0 Å². The molecule has 0 heterocycles. The fraction of sp³-hybridized carbons (Fsp3) is 1.00. The molecule has 1 fully saturated rings. The second-order valence-corrected chi connectivity index (χ2v) is 5.44. The number of nitrogens with two attached hydrogens (primary N) is 1. The van der Waals surface area contributed by atoms with Crippen LogP contribution in [0.3, 0.4) is 0 Å². The van der Waals surface area contributed by atoms with Gasteiger partial charge in [-0.15, -0.1) is 0 Å². The van der Waals surface area contributed by atoms with Crippen LogP contribution < -0.4 is 5.73 Å². The van der Waals surface area contributed by atoms with E-state index in [0.717, 1.165) is 18.5 Å². The average molecular weight is 226 g/mol. The molecule has 1 aliphatic rings. The number of hydrogen-bond donors (Lipinski definition) is 1. The highest BCUT2D eigenvalue weighted by atomic mass is 15.1. The Bertz CT molecular complexity index is 160. The van der Waals surface area contributed by atoms with Crippen LogP contribution in [0.4, 0.5) is 0 Å². The topological polar surface area (TPSA) is 29.3 Å². The third-order valence-corrected chi connectivity index (χ3v) is 4.09. The predicted octanol–water partition coefficient (Wildman–Crippen LogP) is 3.02. The average Bonchev–Trinajstić information content (AvgIpc) is 2.15. The van der Waals surface area contributed by atoms with Crippen LogP contribution in [-0.2, 0) is 0 Å². The lowest BCUT2D eigenvalue weighted by molar-refractivity contribution is 0.154. The highest BCUT2D eigenvalue weighted by molar-refractivity contribution is 4.77.